The molecule has 2 aromatic carbocycles. The van der Waals surface area contributed by atoms with Gasteiger partial charge in [0.2, 0.25) is 5.75 Å². The summed E-state index contributed by atoms with van der Waals surface area (Å²) in [6, 6.07) is 9.80. The third-order valence-electron chi connectivity index (χ3n) is 3.62. The first kappa shape index (κ1) is 19.9. The van der Waals surface area contributed by atoms with E-state index in [2.05, 4.69) is 5.32 Å². The summed E-state index contributed by atoms with van der Waals surface area (Å²) in [7, 11) is 5.83. The van der Waals surface area contributed by atoms with Crippen molar-refractivity contribution in [3.63, 3.8) is 0 Å². The molecule has 0 aliphatic rings. The van der Waals surface area contributed by atoms with Crippen LogP contribution in [0.25, 0.3) is 0 Å². The second-order valence-electron chi connectivity index (χ2n) is 5.24. The van der Waals surface area contributed by atoms with Crippen molar-refractivity contribution in [1.82, 2.24) is 0 Å². The number of carbonyl (C=O) groups excluding carboxylic acids is 2. The molecule has 2 rings (SSSR count). The smallest absolute Gasteiger partial charge is 0.338 e. The molecule has 8 nitrogen and oxygen atoms in total. The van der Waals surface area contributed by atoms with Gasteiger partial charge in [-0.25, -0.2) is 4.79 Å². The number of esters is 1. The van der Waals surface area contributed by atoms with Gasteiger partial charge in [0, 0.05) is 0 Å². The minimum atomic E-state index is -0.704. The molecule has 0 aliphatic carbocycles. The molecular formula is C19H21NO7. The Morgan fingerprint density at radius 3 is 2.00 bits per heavy atom. The predicted molar refractivity (Wildman–Crippen MR) is 98.0 cm³/mol. The van der Waals surface area contributed by atoms with Crippen LogP contribution in [0.5, 0.6) is 23.0 Å². The Balaban J connectivity index is 2.06. The minimum Gasteiger partial charge on any atom is -0.495 e. The molecule has 0 saturated heterocycles. The normalized spacial score (nSPS) is 9.93. The zero-order valence-corrected chi connectivity index (χ0v) is 15.5. The van der Waals surface area contributed by atoms with Crippen molar-refractivity contribution < 1.29 is 33.3 Å². The van der Waals surface area contributed by atoms with Crippen LogP contribution < -0.4 is 24.3 Å². The summed E-state index contributed by atoms with van der Waals surface area (Å²) < 4.78 is 25.8. The van der Waals surface area contributed by atoms with Gasteiger partial charge in [-0.2, -0.15) is 0 Å². The van der Waals surface area contributed by atoms with E-state index >= 15 is 0 Å². The molecule has 0 unspecified atom stereocenters. The monoisotopic (exact) mass is 375 g/mol. The number of methoxy groups -OCH3 is 4. The van der Waals surface area contributed by atoms with Gasteiger partial charge in [-0.05, 0) is 24.3 Å². The van der Waals surface area contributed by atoms with Gasteiger partial charge < -0.3 is 29.0 Å². The maximum atomic E-state index is 12.3. The van der Waals surface area contributed by atoms with Crippen molar-refractivity contribution in [2.75, 3.05) is 40.4 Å². The number of carbonyl (C=O) groups is 2. The van der Waals surface area contributed by atoms with Crippen molar-refractivity contribution in [2.24, 2.45) is 0 Å². The third kappa shape index (κ3) is 4.81. The van der Waals surface area contributed by atoms with E-state index in [1.54, 1.807) is 24.3 Å². The lowest BCUT2D eigenvalue weighted by Crippen LogP contribution is -2.21. The summed E-state index contributed by atoms with van der Waals surface area (Å²) in [5, 5.41) is 2.62. The van der Waals surface area contributed by atoms with Crippen LogP contribution in [0.1, 0.15) is 10.4 Å². The van der Waals surface area contributed by atoms with Crippen LogP contribution in [-0.2, 0) is 9.53 Å². The molecule has 0 aromatic heterocycles. The third-order valence-corrected chi connectivity index (χ3v) is 3.62. The maximum absolute atomic E-state index is 12.3. The lowest BCUT2D eigenvalue weighted by molar-refractivity contribution is -0.119. The first-order chi connectivity index (χ1) is 13.0. The second kappa shape index (κ2) is 9.33. The van der Waals surface area contributed by atoms with Crippen LogP contribution >= 0.6 is 0 Å². The van der Waals surface area contributed by atoms with Crippen LogP contribution in [0.3, 0.4) is 0 Å². The Labute approximate surface area is 156 Å². The first-order valence-electron chi connectivity index (χ1n) is 7.94. The average Bonchev–Trinajstić information content (AvgIpc) is 2.71. The van der Waals surface area contributed by atoms with E-state index in [-0.39, 0.29) is 5.56 Å². The van der Waals surface area contributed by atoms with Gasteiger partial charge in [-0.3, -0.25) is 4.79 Å². The Bertz CT molecular complexity index is 794. The van der Waals surface area contributed by atoms with Crippen LogP contribution in [-0.4, -0.2) is 46.9 Å². The fraction of sp³-hybridized carbons (Fsp3) is 0.263. The Morgan fingerprint density at radius 1 is 0.852 bits per heavy atom. The molecule has 1 amide bonds. The molecule has 0 radical (unpaired) electrons. The zero-order chi connectivity index (χ0) is 19.8. The van der Waals surface area contributed by atoms with Crippen molar-refractivity contribution in [3.8, 4) is 23.0 Å². The number of rotatable bonds is 8. The molecule has 0 bridgehead atoms. The van der Waals surface area contributed by atoms with Crippen LogP contribution in [0.4, 0.5) is 5.69 Å². The van der Waals surface area contributed by atoms with Crippen molar-refractivity contribution >= 4 is 17.6 Å². The highest BCUT2D eigenvalue weighted by molar-refractivity contribution is 5.96. The minimum absolute atomic E-state index is 0.162. The van der Waals surface area contributed by atoms with E-state index in [1.807, 2.05) is 0 Å². The number of hydrogen-bond donors (Lipinski definition) is 1. The molecular weight excluding hydrogens is 354 g/mol. The largest absolute Gasteiger partial charge is 0.495 e. The summed E-state index contributed by atoms with van der Waals surface area (Å²) in [5.74, 6) is 0.265. The molecule has 27 heavy (non-hydrogen) atoms. The summed E-state index contributed by atoms with van der Waals surface area (Å²) >= 11 is 0. The van der Waals surface area contributed by atoms with Gasteiger partial charge in [0.25, 0.3) is 5.91 Å². The topological polar surface area (TPSA) is 92.3 Å². The van der Waals surface area contributed by atoms with Crippen LogP contribution in [0.2, 0.25) is 0 Å². The first-order valence-corrected chi connectivity index (χ1v) is 7.94. The number of ether oxygens (including phenoxy) is 5. The number of para-hydroxylation sites is 2. The molecule has 0 fully saturated rings. The Hall–Kier alpha value is -3.42. The number of benzene rings is 2. The summed E-state index contributed by atoms with van der Waals surface area (Å²) in [6.45, 7) is -0.465. The van der Waals surface area contributed by atoms with Gasteiger partial charge in [0.1, 0.15) is 5.75 Å². The highest BCUT2D eigenvalue weighted by Gasteiger charge is 2.19. The van der Waals surface area contributed by atoms with E-state index in [9.17, 15) is 9.59 Å². The fourth-order valence-corrected chi connectivity index (χ4v) is 2.35. The molecule has 0 heterocycles. The highest BCUT2D eigenvalue weighted by atomic mass is 16.5. The van der Waals surface area contributed by atoms with Crippen LogP contribution in [0.15, 0.2) is 36.4 Å². The van der Waals surface area contributed by atoms with E-state index in [0.717, 1.165) is 0 Å². The number of amides is 1. The lowest BCUT2D eigenvalue weighted by atomic mass is 10.2. The van der Waals surface area contributed by atoms with E-state index in [4.69, 9.17) is 23.7 Å². The van der Waals surface area contributed by atoms with Gasteiger partial charge in [0.05, 0.1) is 39.7 Å². The van der Waals surface area contributed by atoms with E-state index in [0.29, 0.717) is 28.7 Å². The summed E-state index contributed by atoms with van der Waals surface area (Å²) in [6.07, 6.45) is 0. The molecule has 2 aromatic rings. The Morgan fingerprint density at radius 2 is 1.44 bits per heavy atom. The van der Waals surface area contributed by atoms with Crippen molar-refractivity contribution in [3.05, 3.63) is 42.0 Å². The molecule has 0 atom stereocenters. The van der Waals surface area contributed by atoms with Crippen molar-refractivity contribution in [1.29, 1.82) is 0 Å². The van der Waals surface area contributed by atoms with E-state index < -0.39 is 18.5 Å². The summed E-state index contributed by atoms with van der Waals surface area (Å²) in [4.78, 5) is 24.3. The van der Waals surface area contributed by atoms with Crippen LogP contribution in [0, 0.1) is 0 Å². The number of nitrogens with one attached hydrogen (secondary N) is 1. The predicted octanol–water partition coefficient (Wildman–Crippen LogP) is 2.52. The zero-order valence-electron chi connectivity index (χ0n) is 15.5. The quantitative estimate of drug-likeness (QED) is 0.709. The fourth-order valence-electron chi connectivity index (χ4n) is 2.35. The number of anilines is 1. The highest BCUT2D eigenvalue weighted by Crippen LogP contribution is 2.38. The molecule has 144 valence electrons. The average molecular weight is 375 g/mol. The SMILES string of the molecule is COc1ccccc1NC(=O)COC(=O)c1cc(OC)c(OC)c(OC)c1. The van der Waals surface area contributed by atoms with Crippen molar-refractivity contribution in [2.45, 2.75) is 0 Å². The van der Waals surface area contributed by atoms with Gasteiger partial charge in [0.15, 0.2) is 18.1 Å². The van der Waals surface area contributed by atoms with Gasteiger partial charge in [-0.15, -0.1) is 0 Å². The molecule has 0 spiro atoms. The standard InChI is InChI=1S/C19H21NO7/c1-23-14-8-6-5-7-13(14)20-17(21)11-27-19(22)12-9-15(24-2)18(26-4)16(10-12)25-3/h5-10H,11H2,1-4H3,(H,20,21). The van der Waals surface area contributed by atoms with Gasteiger partial charge >= 0.3 is 5.97 Å². The lowest BCUT2D eigenvalue weighted by Gasteiger charge is -2.14. The molecule has 0 saturated carbocycles. The van der Waals surface area contributed by atoms with Gasteiger partial charge in [-0.1, -0.05) is 12.1 Å². The Kier molecular flexibility index (Phi) is 6.87. The molecule has 8 heteroatoms. The maximum Gasteiger partial charge on any atom is 0.338 e. The molecule has 0 aliphatic heterocycles. The number of hydrogen-bond acceptors (Lipinski definition) is 7. The molecule has 1 N–H and O–H groups in total. The second-order valence-corrected chi connectivity index (χ2v) is 5.24. The van der Waals surface area contributed by atoms with E-state index in [1.165, 1.54) is 40.6 Å². The summed E-state index contributed by atoms with van der Waals surface area (Å²) in [5.41, 5.74) is 0.642.